The number of aliphatic carboxylic acids is 1. The average Bonchev–Trinajstić information content (AvgIpc) is 2.28. The molecular formula is C6H11NO4S. The van der Waals surface area contributed by atoms with Crippen molar-refractivity contribution in [3.8, 4) is 0 Å². The molecule has 70 valence electrons. The highest BCUT2D eigenvalue weighted by Gasteiger charge is 2.34. The quantitative estimate of drug-likeness (QED) is 0.576. The lowest BCUT2D eigenvalue weighted by atomic mass is 10.0. The summed E-state index contributed by atoms with van der Waals surface area (Å²) < 4.78 is 21.8. The SMILES string of the molecule is N[C@H](C(=O)O)[C@@H]1CCS(=O)(=O)C1. The van der Waals surface area contributed by atoms with Crippen LogP contribution in [0.15, 0.2) is 0 Å². The largest absolute Gasteiger partial charge is 0.480 e. The van der Waals surface area contributed by atoms with Gasteiger partial charge in [0.1, 0.15) is 6.04 Å². The smallest absolute Gasteiger partial charge is 0.320 e. The molecule has 1 saturated heterocycles. The van der Waals surface area contributed by atoms with E-state index in [1.165, 1.54) is 0 Å². The summed E-state index contributed by atoms with van der Waals surface area (Å²) >= 11 is 0. The second-order valence-electron chi connectivity index (χ2n) is 3.03. The highest BCUT2D eigenvalue weighted by molar-refractivity contribution is 7.91. The van der Waals surface area contributed by atoms with Crippen LogP contribution < -0.4 is 5.73 Å². The van der Waals surface area contributed by atoms with Gasteiger partial charge in [-0.1, -0.05) is 0 Å². The van der Waals surface area contributed by atoms with Crippen LogP contribution in [0.25, 0.3) is 0 Å². The molecule has 0 amide bonds. The van der Waals surface area contributed by atoms with Gasteiger partial charge in [-0.25, -0.2) is 8.42 Å². The number of sulfone groups is 1. The minimum Gasteiger partial charge on any atom is -0.480 e. The number of carbonyl (C=O) groups is 1. The molecule has 0 saturated carbocycles. The molecule has 0 unspecified atom stereocenters. The molecule has 0 aromatic carbocycles. The van der Waals surface area contributed by atoms with Gasteiger partial charge in [0.25, 0.3) is 0 Å². The van der Waals surface area contributed by atoms with Crippen LogP contribution >= 0.6 is 0 Å². The minimum atomic E-state index is -3.02. The molecule has 0 bridgehead atoms. The lowest BCUT2D eigenvalue weighted by molar-refractivity contribution is -0.139. The molecule has 1 aliphatic rings. The maximum Gasteiger partial charge on any atom is 0.320 e. The summed E-state index contributed by atoms with van der Waals surface area (Å²) in [4.78, 5) is 10.4. The Morgan fingerprint density at radius 2 is 2.17 bits per heavy atom. The number of hydrogen-bond acceptors (Lipinski definition) is 4. The van der Waals surface area contributed by atoms with Crippen molar-refractivity contribution >= 4 is 15.8 Å². The predicted molar refractivity (Wildman–Crippen MR) is 42.4 cm³/mol. The molecule has 1 aliphatic heterocycles. The van der Waals surface area contributed by atoms with E-state index in [1.807, 2.05) is 0 Å². The molecule has 0 aromatic rings. The van der Waals surface area contributed by atoms with Gasteiger partial charge in [0.05, 0.1) is 11.5 Å². The first-order valence-electron chi connectivity index (χ1n) is 3.61. The van der Waals surface area contributed by atoms with Crippen LogP contribution in [0.3, 0.4) is 0 Å². The summed E-state index contributed by atoms with van der Waals surface area (Å²) in [5, 5.41) is 8.49. The third-order valence-corrected chi connectivity index (χ3v) is 3.85. The molecule has 1 fully saturated rings. The molecule has 0 radical (unpaired) electrons. The van der Waals surface area contributed by atoms with Crippen LogP contribution in [0, 0.1) is 5.92 Å². The Balaban J connectivity index is 2.64. The molecule has 2 atom stereocenters. The van der Waals surface area contributed by atoms with E-state index in [-0.39, 0.29) is 11.5 Å². The van der Waals surface area contributed by atoms with Crippen LogP contribution in [-0.4, -0.2) is 37.0 Å². The van der Waals surface area contributed by atoms with Crippen LogP contribution in [0.5, 0.6) is 0 Å². The van der Waals surface area contributed by atoms with E-state index < -0.39 is 27.8 Å². The normalized spacial score (nSPS) is 29.9. The molecule has 12 heavy (non-hydrogen) atoms. The molecule has 1 rings (SSSR count). The summed E-state index contributed by atoms with van der Waals surface area (Å²) in [7, 11) is -3.02. The van der Waals surface area contributed by atoms with Gasteiger partial charge in [0.15, 0.2) is 9.84 Å². The molecule has 5 nitrogen and oxygen atoms in total. The van der Waals surface area contributed by atoms with E-state index >= 15 is 0 Å². The Morgan fingerprint density at radius 3 is 2.50 bits per heavy atom. The number of carboxylic acid groups (broad SMARTS) is 1. The summed E-state index contributed by atoms with van der Waals surface area (Å²) in [5.74, 6) is -1.55. The highest BCUT2D eigenvalue weighted by Crippen LogP contribution is 2.20. The van der Waals surface area contributed by atoms with Crippen molar-refractivity contribution in [2.75, 3.05) is 11.5 Å². The molecule has 3 N–H and O–H groups in total. The Morgan fingerprint density at radius 1 is 1.58 bits per heavy atom. The molecule has 6 heteroatoms. The fourth-order valence-corrected chi connectivity index (χ4v) is 3.16. The number of carboxylic acids is 1. The minimum absolute atomic E-state index is 0.0681. The van der Waals surface area contributed by atoms with Gasteiger partial charge in [-0.15, -0.1) is 0 Å². The summed E-state index contributed by atoms with van der Waals surface area (Å²) in [6.07, 6.45) is 0.371. The first kappa shape index (κ1) is 9.47. The second kappa shape index (κ2) is 3.02. The third kappa shape index (κ3) is 1.95. The van der Waals surface area contributed by atoms with E-state index in [2.05, 4.69) is 0 Å². The van der Waals surface area contributed by atoms with Gasteiger partial charge >= 0.3 is 5.97 Å². The monoisotopic (exact) mass is 193 g/mol. The van der Waals surface area contributed by atoms with Crippen molar-refractivity contribution < 1.29 is 18.3 Å². The maximum atomic E-state index is 10.9. The van der Waals surface area contributed by atoms with Crippen LogP contribution in [0.2, 0.25) is 0 Å². The van der Waals surface area contributed by atoms with E-state index in [9.17, 15) is 13.2 Å². The van der Waals surface area contributed by atoms with Crippen molar-refractivity contribution in [1.29, 1.82) is 0 Å². The summed E-state index contributed by atoms with van der Waals surface area (Å²) in [6.45, 7) is 0. The Bertz CT molecular complexity index is 284. The summed E-state index contributed by atoms with van der Waals surface area (Å²) in [6, 6.07) is -1.04. The molecule has 0 aromatic heterocycles. The lowest BCUT2D eigenvalue weighted by Gasteiger charge is -2.11. The van der Waals surface area contributed by atoms with Gasteiger partial charge in [-0.3, -0.25) is 4.79 Å². The molecule has 0 spiro atoms. The van der Waals surface area contributed by atoms with Gasteiger partial charge in [0, 0.05) is 0 Å². The van der Waals surface area contributed by atoms with Gasteiger partial charge in [-0.05, 0) is 12.3 Å². The predicted octanol–water partition coefficient (Wildman–Crippen LogP) is -1.17. The van der Waals surface area contributed by atoms with E-state index in [0.717, 1.165) is 0 Å². The standard InChI is InChI=1S/C6H11NO4S/c7-5(6(8)9)4-1-2-12(10,11)3-4/h4-5H,1-3,7H2,(H,8,9)/t4-,5+/m1/s1. The van der Waals surface area contributed by atoms with E-state index in [4.69, 9.17) is 10.8 Å². The Labute approximate surface area is 70.5 Å². The van der Waals surface area contributed by atoms with Crippen molar-refractivity contribution in [3.05, 3.63) is 0 Å². The zero-order valence-corrected chi connectivity index (χ0v) is 7.25. The molecule has 0 aliphatic carbocycles. The zero-order valence-electron chi connectivity index (χ0n) is 6.43. The first-order valence-corrected chi connectivity index (χ1v) is 5.43. The average molecular weight is 193 g/mol. The number of nitrogens with two attached hydrogens (primary N) is 1. The fourth-order valence-electron chi connectivity index (χ4n) is 1.31. The Kier molecular flexibility index (Phi) is 2.39. The lowest BCUT2D eigenvalue weighted by Crippen LogP contribution is -2.38. The van der Waals surface area contributed by atoms with Crippen molar-refractivity contribution in [1.82, 2.24) is 0 Å². The number of hydrogen-bond donors (Lipinski definition) is 2. The van der Waals surface area contributed by atoms with Gasteiger partial charge < -0.3 is 10.8 Å². The topological polar surface area (TPSA) is 97.5 Å². The first-order chi connectivity index (χ1) is 5.42. The maximum absolute atomic E-state index is 10.9. The van der Waals surface area contributed by atoms with Crippen molar-refractivity contribution in [2.45, 2.75) is 12.5 Å². The fraction of sp³-hybridized carbons (Fsp3) is 0.833. The number of rotatable bonds is 2. The van der Waals surface area contributed by atoms with Crippen molar-refractivity contribution in [3.63, 3.8) is 0 Å². The highest BCUT2D eigenvalue weighted by atomic mass is 32.2. The summed E-state index contributed by atoms with van der Waals surface area (Å²) in [5.41, 5.74) is 5.28. The van der Waals surface area contributed by atoms with Crippen LogP contribution in [-0.2, 0) is 14.6 Å². The van der Waals surface area contributed by atoms with Gasteiger partial charge in [-0.2, -0.15) is 0 Å². The van der Waals surface area contributed by atoms with E-state index in [0.29, 0.717) is 6.42 Å². The molecular weight excluding hydrogens is 182 g/mol. The van der Waals surface area contributed by atoms with Crippen molar-refractivity contribution in [2.24, 2.45) is 11.7 Å². The second-order valence-corrected chi connectivity index (χ2v) is 5.26. The third-order valence-electron chi connectivity index (χ3n) is 2.06. The van der Waals surface area contributed by atoms with Gasteiger partial charge in [0.2, 0.25) is 0 Å². The zero-order chi connectivity index (χ0) is 9.35. The van der Waals surface area contributed by atoms with E-state index in [1.54, 1.807) is 0 Å². The Hall–Kier alpha value is -0.620. The molecule has 1 heterocycles. The van der Waals surface area contributed by atoms with Crippen LogP contribution in [0.4, 0.5) is 0 Å². The van der Waals surface area contributed by atoms with Crippen LogP contribution in [0.1, 0.15) is 6.42 Å².